The van der Waals surface area contributed by atoms with Crippen LogP contribution in [0.4, 0.5) is 9.18 Å². The van der Waals surface area contributed by atoms with Gasteiger partial charge < -0.3 is 5.32 Å². The van der Waals surface area contributed by atoms with Crippen molar-refractivity contribution in [2.24, 2.45) is 0 Å². The summed E-state index contributed by atoms with van der Waals surface area (Å²) in [6.07, 6.45) is 0. The molecular weight excluding hydrogens is 103 g/mol. The molecular formula is C2H5FNOP. The highest BCUT2D eigenvalue weighted by molar-refractivity contribution is 7.39. The Balaban J connectivity index is 2.83. The van der Waals surface area contributed by atoms with Gasteiger partial charge in [0.1, 0.15) is 0 Å². The Morgan fingerprint density at radius 3 is 2.50 bits per heavy atom. The van der Waals surface area contributed by atoms with Crippen LogP contribution in [-0.4, -0.2) is 12.4 Å². The molecule has 0 fully saturated rings. The fraction of sp³-hybridized carbons (Fsp3) is 0.500. The molecule has 1 amide bonds. The van der Waals surface area contributed by atoms with Crippen molar-refractivity contribution in [3.63, 3.8) is 0 Å². The maximum atomic E-state index is 10.9. The molecule has 1 unspecified atom stereocenters. The molecule has 4 heteroatoms. The van der Waals surface area contributed by atoms with Gasteiger partial charge in [0.15, 0.2) is 6.80 Å². The van der Waals surface area contributed by atoms with Crippen molar-refractivity contribution in [1.29, 1.82) is 0 Å². The topological polar surface area (TPSA) is 29.1 Å². The van der Waals surface area contributed by atoms with Gasteiger partial charge in [0.2, 0.25) is 5.65 Å². The monoisotopic (exact) mass is 108 g/mol. The van der Waals surface area contributed by atoms with Crippen molar-refractivity contribution in [1.82, 2.24) is 5.32 Å². The second-order valence-electron chi connectivity index (χ2n) is 0.675. The summed E-state index contributed by atoms with van der Waals surface area (Å²) in [5.41, 5.74) is -0.419. The first-order valence-corrected chi connectivity index (χ1v) is 1.94. The third-order valence-electron chi connectivity index (χ3n) is 0.241. The van der Waals surface area contributed by atoms with Crippen molar-refractivity contribution in [2.45, 2.75) is 0 Å². The minimum Gasteiger partial charge on any atom is -0.326 e. The summed E-state index contributed by atoms with van der Waals surface area (Å²) in [6.45, 7) is -0.789. The molecule has 0 rings (SSSR count). The zero-order chi connectivity index (χ0) is 4.99. The van der Waals surface area contributed by atoms with Gasteiger partial charge in [-0.25, -0.2) is 4.39 Å². The van der Waals surface area contributed by atoms with Crippen molar-refractivity contribution < 1.29 is 9.18 Å². The number of hydrogen-bond acceptors (Lipinski definition) is 1. The summed E-state index contributed by atoms with van der Waals surface area (Å²) in [5, 5.41) is 1.87. The lowest BCUT2D eigenvalue weighted by Crippen LogP contribution is -2.12. The number of alkyl halides is 1. The van der Waals surface area contributed by atoms with Gasteiger partial charge in [-0.1, -0.05) is 0 Å². The van der Waals surface area contributed by atoms with E-state index in [1.54, 1.807) is 9.24 Å². The quantitative estimate of drug-likeness (QED) is 0.384. The van der Waals surface area contributed by atoms with E-state index in [4.69, 9.17) is 0 Å². The number of amides is 1. The van der Waals surface area contributed by atoms with Gasteiger partial charge in [0.05, 0.1) is 0 Å². The summed E-state index contributed by atoms with van der Waals surface area (Å²) in [5.74, 6) is 0. The van der Waals surface area contributed by atoms with Crippen LogP contribution < -0.4 is 5.32 Å². The van der Waals surface area contributed by atoms with E-state index in [-0.39, 0.29) is 0 Å². The summed E-state index contributed by atoms with van der Waals surface area (Å²) in [6, 6.07) is 0. The number of carbonyl (C=O) groups is 1. The van der Waals surface area contributed by atoms with E-state index in [1.807, 2.05) is 5.32 Å². The van der Waals surface area contributed by atoms with Gasteiger partial charge in [-0.3, -0.25) is 4.79 Å². The number of rotatable bonds is 1. The van der Waals surface area contributed by atoms with Crippen LogP contribution >= 0.6 is 9.24 Å². The van der Waals surface area contributed by atoms with E-state index in [9.17, 15) is 9.18 Å². The Morgan fingerprint density at radius 1 is 2.00 bits per heavy atom. The van der Waals surface area contributed by atoms with E-state index in [2.05, 4.69) is 0 Å². The molecule has 0 heterocycles. The van der Waals surface area contributed by atoms with E-state index >= 15 is 0 Å². The largest absolute Gasteiger partial charge is 0.326 e. The molecule has 0 aliphatic heterocycles. The molecule has 0 aromatic heterocycles. The lowest BCUT2D eigenvalue weighted by Gasteiger charge is -1.85. The average molecular weight is 108 g/mol. The Kier molecular flexibility index (Phi) is 2.95. The van der Waals surface area contributed by atoms with Crippen LogP contribution in [0.5, 0.6) is 0 Å². The normalized spacial score (nSPS) is 7.67. The van der Waals surface area contributed by atoms with E-state index in [0.29, 0.717) is 0 Å². The third-order valence-corrected chi connectivity index (χ3v) is 0.445. The van der Waals surface area contributed by atoms with Gasteiger partial charge in [-0.2, -0.15) is 0 Å². The molecule has 0 aliphatic rings. The Hall–Kier alpha value is -0.170. The zero-order valence-corrected chi connectivity index (χ0v) is 4.23. The molecule has 0 spiro atoms. The van der Waals surface area contributed by atoms with E-state index < -0.39 is 12.4 Å². The molecule has 0 aromatic rings. The van der Waals surface area contributed by atoms with Crippen molar-refractivity contribution in [3.05, 3.63) is 0 Å². The fourth-order valence-corrected chi connectivity index (χ4v) is 0.143. The highest BCUT2D eigenvalue weighted by Crippen LogP contribution is 1.78. The molecule has 0 aromatic carbocycles. The summed E-state index contributed by atoms with van der Waals surface area (Å²) >= 11 is 0. The molecule has 36 valence electrons. The zero-order valence-electron chi connectivity index (χ0n) is 3.07. The van der Waals surface area contributed by atoms with Gasteiger partial charge in [0.25, 0.3) is 0 Å². The van der Waals surface area contributed by atoms with Gasteiger partial charge in [0, 0.05) is 0 Å². The van der Waals surface area contributed by atoms with E-state index in [0.717, 1.165) is 0 Å². The molecule has 1 N–H and O–H groups in total. The van der Waals surface area contributed by atoms with Gasteiger partial charge >= 0.3 is 0 Å². The predicted octanol–water partition coefficient (Wildman–Crippen LogP) is 0.498. The standard InChI is InChI=1S/C2H5FNOP/c3-1-4-2(5)6/h1,6H2,(H,4,5)/i3-1. The molecule has 0 bridgehead atoms. The highest BCUT2D eigenvalue weighted by Gasteiger charge is 1.81. The first-order chi connectivity index (χ1) is 2.77. The van der Waals surface area contributed by atoms with Gasteiger partial charge in [-0.15, -0.1) is 0 Å². The fourth-order valence-electron chi connectivity index (χ4n) is 0.0659. The Morgan fingerprint density at radius 2 is 2.50 bits per heavy atom. The third kappa shape index (κ3) is 3.83. The number of halogens is 1. The van der Waals surface area contributed by atoms with Crippen LogP contribution in [0, 0.1) is 0 Å². The Bertz CT molecular complexity index is 57.5. The van der Waals surface area contributed by atoms with Crippen LogP contribution in [0.25, 0.3) is 0 Å². The van der Waals surface area contributed by atoms with Crippen molar-refractivity contribution in [3.8, 4) is 0 Å². The minimum absolute atomic E-state index is 0.419. The number of nitrogens with one attached hydrogen (secondary N) is 1. The van der Waals surface area contributed by atoms with Crippen LogP contribution in [0.2, 0.25) is 0 Å². The molecule has 0 radical (unpaired) electrons. The Labute approximate surface area is 37.3 Å². The molecule has 1 atom stereocenters. The maximum Gasteiger partial charge on any atom is 0.236 e. The summed E-state index contributed by atoms with van der Waals surface area (Å²) in [7, 11) is 1.79. The van der Waals surface area contributed by atoms with Crippen molar-refractivity contribution in [2.75, 3.05) is 6.80 Å². The predicted molar refractivity (Wildman–Crippen MR) is 24.2 cm³/mol. The second-order valence-corrected chi connectivity index (χ2v) is 1.20. The second kappa shape index (κ2) is 3.04. The summed E-state index contributed by atoms with van der Waals surface area (Å²) in [4.78, 5) is 9.66. The number of hydrogen-bond donors (Lipinski definition) is 1. The minimum atomic E-state index is -0.789. The molecule has 2 nitrogen and oxygen atoms in total. The average Bonchev–Trinajstić information content (AvgIpc) is 1.35. The maximum absolute atomic E-state index is 10.9. The molecule has 0 saturated carbocycles. The highest BCUT2D eigenvalue weighted by atomic mass is 31.0. The van der Waals surface area contributed by atoms with Crippen LogP contribution in [0.3, 0.4) is 0 Å². The van der Waals surface area contributed by atoms with Crippen LogP contribution in [0.1, 0.15) is 0 Å². The van der Waals surface area contributed by atoms with Crippen molar-refractivity contribution >= 4 is 14.9 Å². The lowest BCUT2D eigenvalue weighted by atomic mass is 11.2. The molecule has 0 aliphatic carbocycles. The molecule has 6 heavy (non-hydrogen) atoms. The molecule has 0 saturated heterocycles. The summed E-state index contributed by atoms with van der Waals surface area (Å²) < 4.78 is 10.9. The first kappa shape index (κ1) is 5.83. The van der Waals surface area contributed by atoms with E-state index in [1.165, 1.54) is 0 Å². The van der Waals surface area contributed by atoms with Gasteiger partial charge in [-0.05, 0) is 9.24 Å². The smallest absolute Gasteiger partial charge is 0.236 e. The number of carbonyl (C=O) groups excluding carboxylic acids is 1. The van der Waals surface area contributed by atoms with Crippen LogP contribution in [-0.2, 0) is 0 Å². The SMILES string of the molecule is O=C(P)NC[18F]. The first-order valence-electron chi connectivity index (χ1n) is 1.36. The lowest BCUT2D eigenvalue weighted by molar-refractivity contribution is 0.256. The van der Waals surface area contributed by atoms with Crippen LogP contribution in [0.15, 0.2) is 0 Å².